The van der Waals surface area contributed by atoms with Crippen LogP contribution in [0, 0.1) is 5.41 Å². The first kappa shape index (κ1) is 26.3. The molecule has 2 aliphatic rings. The minimum absolute atomic E-state index is 0.102. The smallest absolute Gasteiger partial charge is 0.221 e. The van der Waals surface area contributed by atoms with Gasteiger partial charge in [0.15, 0.2) is 0 Å². The van der Waals surface area contributed by atoms with Gasteiger partial charge in [-0.25, -0.2) is 0 Å². The van der Waals surface area contributed by atoms with Crippen LogP contribution < -0.4 is 15.8 Å². The molecular formula is C31H34ClN7O. The van der Waals surface area contributed by atoms with Gasteiger partial charge in [0.25, 0.3) is 0 Å². The predicted octanol–water partition coefficient (Wildman–Crippen LogP) is 6.84. The maximum Gasteiger partial charge on any atom is 0.221 e. The van der Waals surface area contributed by atoms with Crippen molar-refractivity contribution in [3.8, 4) is 0 Å². The minimum atomic E-state index is -0.102. The molecule has 40 heavy (non-hydrogen) atoms. The maximum atomic E-state index is 11.8. The quantitative estimate of drug-likeness (QED) is 0.282. The van der Waals surface area contributed by atoms with E-state index in [1.165, 1.54) is 18.1 Å². The lowest BCUT2D eigenvalue weighted by molar-refractivity contribution is -0.114. The number of halogens is 1. The third kappa shape index (κ3) is 5.16. The van der Waals surface area contributed by atoms with Crippen molar-refractivity contribution in [2.45, 2.75) is 51.6 Å². The lowest BCUT2D eigenvalue weighted by Crippen LogP contribution is -2.38. The standard InChI is InChI=1S/C31H34ClN7O/c1-21(40)35-27-13-12-23(32)19-30(27)37-17-14-24(15-18-37)39-29-11-3-2-10-28(29)38(31(39)33)20-22-7-6-9-26-25(22)8-4-5-16-34-36-26/h2-3,6-7,9-13,19,24,33H,4-5,8,14-18,20H2,1H3,(H,35,40). The van der Waals surface area contributed by atoms with Crippen LogP contribution in [-0.4, -0.2) is 34.7 Å². The van der Waals surface area contributed by atoms with Crippen molar-refractivity contribution in [1.29, 1.82) is 5.41 Å². The summed E-state index contributed by atoms with van der Waals surface area (Å²) in [6, 6.07) is 20.4. The molecule has 0 radical (unpaired) electrons. The molecule has 0 atom stereocenters. The van der Waals surface area contributed by atoms with Gasteiger partial charge in [-0.3, -0.25) is 10.2 Å². The highest BCUT2D eigenvalue weighted by Crippen LogP contribution is 2.35. The largest absolute Gasteiger partial charge is 0.370 e. The fourth-order valence-corrected chi connectivity index (χ4v) is 6.31. The number of para-hydroxylation sites is 2. The van der Waals surface area contributed by atoms with Crippen molar-refractivity contribution in [3.63, 3.8) is 0 Å². The Labute approximate surface area is 238 Å². The molecule has 3 heterocycles. The van der Waals surface area contributed by atoms with Crippen LogP contribution in [0.25, 0.3) is 11.0 Å². The molecule has 0 unspecified atom stereocenters. The van der Waals surface area contributed by atoms with E-state index in [4.69, 9.17) is 11.6 Å². The fraction of sp³-hybridized carbons (Fsp3) is 0.355. The van der Waals surface area contributed by atoms with Gasteiger partial charge in [0.1, 0.15) is 0 Å². The number of benzene rings is 3. The Morgan fingerprint density at radius 2 is 1.85 bits per heavy atom. The van der Waals surface area contributed by atoms with Gasteiger partial charge in [-0.2, -0.15) is 10.2 Å². The molecule has 206 valence electrons. The van der Waals surface area contributed by atoms with E-state index in [2.05, 4.69) is 66.0 Å². The van der Waals surface area contributed by atoms with Crippen molar-refractivity contribution in [3.05, 3.63) is 82.4 Å². The Bertz CT molecular complexity index is 1650. The number of aromatic nitrogens is 2. The minimum Gasteiger partial charge on any atom is -0.370 e. The van der Waals surface area contributed by atoms with Crippen molar-refractivity contribution in [1.82, 2.24) is 9.13 Å². The van der Waals surface area contributed by atoms with Crippen molar-refractivity contribution < 1.29 is 4.79 Å². The number of carbonyl (C=O) groups is 1. The van der Waals surface area contributed by atoms with Crippen molar-refractivity contribution >= 4 is 45.6 Å². The van der Waals surface area contributed by atoms with Gasteiger partial charge in [-0.1, -0.05) is 35.9 Å². The summed E-state index contributed by atoms with van der Waals surface area (Å²) in [5.41, 5.74) is 7.82. The second kappa shape index (κ2) is 11.3. The molecule has 6 rings (SSSR count). The molecule has 8 nitrogen and oxygen atoms in total. The first-order valence-electron chi connectivity index (χ1n) is 14.0. The van der Waals surface area contributed by atoms with Gasteiger partial charge in [-0.05, 0) is 79.6 Å². The number of azo groups is 1. The summed E-state index contributed by atoms with van der Waals surface area (Å²) < 4.78 is 4.35. The topological polar surface area (TPSA) is 90.8 Å². The van der Waals surface area contributed by atoms with Crippen LogP contribution in [0.1, 0.15) is 49.8 Å². The zero-order valence-corrected chi connectivity index (χ0v) is 23.5. The number of hydrogen-bond donors (Lipinski definition) is 2. The lowest BCUT2D eigenvalue weighted by Gasteiger charge is -2.35. The molecule has 0 bridgehead atoms. The summed E-state index contributed by atoms with van der Waals surface area (Å²) in [4.78, 5) is 14.1. The average molecular weight is 556 g/mol. The first-order valence-corrected chi connectivity index (χ1v) is 14.4. The van der Waals surface area contributed by atoms with E-state index in [1.54, 1.807) is 6.07 Å². The summed E-state index contributed by atoms with van der Waals surface area (Å²) in [5, 5.41) is 21.8. The molecular weight excluding hydrogens is 522 g/mol. The number of hydrogen-bond acceptors (Lipinski definition) is 5. The summed E-state index contributed by atoms with van der Waals surface area (Å²) in [6.07, 6.45) is 4.90. The first-order chi connectivity index (χ1) is 19.5. The number of nitrogens with one attached hydrogen (secondary N) is 2. The van der Waals surface area contributed by atoms with Crippen LogP contribution in [0.15, 0.2) is 70.9 Å². The van der Waals surface area contributed by atoms with Crippen LogP contribution in [0.2, 0.25) is 5.02 Å². The normalized spacial score (nSPS) is 16.0. The summed E-state index contributed by atoms with van der Waals surface area (Å²) >= 11 is 6.33. The molecule has 0 saturated carbocycles. The van der Waals surface area contributed by atoms with E-state index in [9.17, 15) is 10.2 Å². The third-order valence-corrected chi connectivity index (χ3v) is 8.28. The van der Waals surface area contributed by atoms with E-state index in [0.717, 1.165) is 79.8 Å². The zero-order chi connectivity index (χ0) is 27.6. The SMILES string of the molecule is CC(=O)Nc1ccc(Cl)cc1N1CCC(n2c(=N)n(Cc3cccc4c3CCCCN=N4)c3ccccc32)CC1. The second-order valence-electron chi connectivity index (χ2n) is 10.7. The number of piperidine rings is 1. The highest BCUT2D eigenvalue weighted by Gasteiger charge is 2.26. The highest BCUT2D eigenvalue weighted by molar-refractivity contribution is 6.31. The Balaban J connectivity index is 1.30. The van der Waals surface area contributed by atoms with Gasteiger partial charge >= 0.3 is 0 Å². The van der Waals surface area contributed by atoms with E-state index >= 15 is 0 Å². The number of anilines is 2. The van der Waals surface area contributed by atoms with Gasteiger partial charge in [-0.15, -0.1) is 0 Å². The van der Waals surface area contributed by atoms with Crippen LogP contribution in [-0.2, 0) is 17.8 Å². The molecule has 1 amide bonds. The molecule has 1 saturated heterocycles. The summed E-state index contributed by atoms with van der Waals surface area (Å²) in [6.45, 7) is 4.55. The lowest BCUT2D eigenvalue weighted by atomic mass is 9.99. The Morgan fingerprint density at radius 3 is 2.65 bits per heavy atom. The molecule has 1 aromatic heterocycles. The molecule has 3 aromatic carbocycles. The van der Waals surface area contributed by atoms with Gasteiger partial charge in [0.05, 0.1) is 41.2 Å². The van der Waals surface area contributed by atoms with E-state index in [0.29, 0.717) is 17.2 Å². The van der Waals surface area contributed by atoms with E-state index in [1.807, 2.05) is 18.2 Å². The second-order valence-corrected chi connectivity index (χ2v) is 11.1. The maximum absolute atomic E-state index is 11.8. The molecule has 2 aliphatic heterocycles. The Hall–Kier alpha value is -3.91. The van der Waals surface area contributed by atoms with Gasteiger partial charge < -0.3 is 19.4 Å². The molecule has 4 aromatic rings. The summed E-state index contributed by atoms with van der Waals surface area (Å²) in [5.74, 6) is -0.102. The molecule has 2 N–H and O–H groups in total. The fourth-order valence-electron chi connectivity index (χ4n) is 6.14. The van der Waals surface area contributed by atoms with Crippen LogP contribution in [0.5, 0.6) is 0 Å². The van der Waals surface area contributed by atoms with Crippen LogP contribution in [0.4, 0.5) is 17.1 Å². The number of carbonyl (C=O) groups excluding carboxylic acids is 1. The van der Waals surface area contributed by atoms with Gasteiger partial charge in [0, 0.05) is 31.1 Å². The number of imidazole rings is 1. The van der Waals surface area contributed by atoms with Crippen LogP contribution in [0.3, 0.4) is 0 Å². The monoisotopic (exact) mass is 555 g/mol. The molecule has 0 spiro atoms. The molecule has 1 fully saturated rings. The number of rotatable bonds is 5. The molecule has 9 heteroatoms. The number of fused-ring (bicyclic) bond motifs is 2. The van der Waals surface area contributed by atoms with Crippen molar-refractivity contribution in [2.75, 3.05) is 29.9 Å². The highest BCUT2D eigenvalue weighted by atomic mass is 35.5. The Kier molecular flexibility index (Phi) is 7.43. The van der Waals surface area contributed by atoms with Crippen molar-refractivity contribution in [2.24, 2.45) is 10.2 Å². The average Bonchev–Trinajstić information content (AvgIpc) is 3.21. The van der Waals surface area contributed by atoms with Gasteiger partial charge in [0.2, 0.25) is 11.5 Å². The van der Waals surface area contributed by atoms with E-state index in [-0.39, 0.29) is 11.9 Å². The third-order valence-electron chi connectivity index (χ3n) is 8.05. The Morgan fingerprint density at radius 1 is 1.05 bits per heavy atom. The van der Waals surface area contributed by atoms with Crippen LogP contribution >= 0.6 is 11.6 Å². The number of nitrogens with zero attached hydrogens (tertiary/aromatic N) is 5. The van der Waals surface area contributed by atoms with E-state index < -0.39 is 0 Å². The predicted molar refractivity (Wildman–Crippen MR) is 160 cm³/mol. The number of amides is 1. The molecule has 0 aliphatic carbocycles. The summed E-state index contributed by atoms with van der Waals surface area (Å²) in [7, 11) is 0. The zero-order valence-electron chi connectivity index (χ0n) is 22.7.